The Balaban J connectivity index is 2.05. The van der Waals surface area contributed by atoms with Crippen molar-refractivity contribution in [1.29, 1.82) is 0 Å². The molecule has 0 bridgehead atoms. The molecule has 0 aliphatic carbocycles. The number of rotatable bonds is 7. The standard InChI is InChI=1S/C15H25N5/c1-4-14(5-2)20-8-7-13(18-20)11-19-10-12(9-17-19)15(16)6-3/h7-10,14-15H,4-6,11,16H2,1-3H3. The summed E-state index contributed by atoms with van der Waals surface area (Å²) in [5.74, 6) is 0. The third-order valence-corrected chi connectivity index (χ3v) is 3.83. The van der Waals surface area contributed by atoms with E-state index in [1.165, 1.54) is 0 Å². The largest absolute Gasteiger partial charge is 0.324 e. The molecule has 110 valence electrons. The van der Waals surface area contributed by atoms with Gasteiger partial charge in [0.25, 0.3) is 0 Å². The van der Waals surface area contributed by atoms with Crippen molar-refractivity contribution >= 4 is 0 Å². The van der Waals surface area contributed by atoms with Crippen LogP contribution in [0.4, 0.5) is 0 Å². The molecule has 0 saturated heterocycles. The molecule has 0 radical (unpaired) electrons. The molecule has 1 unspecified atom stereocenters. The summed E-state index contributed by atoms with van der Waals surface area (Å²) in [6, 6.07) is 2.63. The van der Waals surface area contributed by atoms with Gasteiger partial charge in [0, 0.05) is 24.0 Å². The Labute approximate surface area is 120 Å². The van der Waals surface area contributed by atoms with Crippen LogP contribution in [0.15, 0.2) is 24.7 Å². The first kappa shape index (κ1) is 14.8. The summed E-state index contributed by atoms with van der Waals surface area (Å²) in [5.41, 5.74) is 8.14. The number of nitrogens with two attached hydrogens (primary N) is 1. The molecule has 5 nitrogen and oxygen atoms in total. The van der Waals surface area contributed by atoms with E-state index in [2.05, 4.69) is 47.9 Å². The van der Waals surface area contributed by atoms with E-state index in [1.54, 1.807) is 0 Å². The van der Waals surface area contributed by atoms with E-state index in [-0.39, 0.29) is 6.04 Å². The van der Waals surface area contributed by atoms with Crippen molar-refractivity contribution in [2.24, 2.45) is 5.73 Å². The molecule has 2 heterocycles. The second-order valence-electron chi connectivity index (χ2n) is 5.24. The monoisotopic (exact) mass is 275 g/mol. The molecule has 0 aliphatic rings. The van der Waals surface area contributed by atoms with E-state index in [9.17, 15) is 0 Å². The molecule has 0 amide bonds. The number of hydrogen-bond donors (Lipinski definition) is 1. The van der Waals surface area contributed by atoms with Gasteiger partial charge in [-0.15, -0.1) is 0 Å². The minimum Gasteiger partial charge on any atom is -0.324 e. The minimum atomic E-state index is 0.0749. The van der Waals surface area contributed by atoms with Crippen molar-refractivity contribution in [1.82, 2.24) is 19.6 Å². The van der Waals surface area contributed by atoms with Crippen LogP contribution in [0, 0.1) is 0 Å². The van der Waals surface area contributed by atoms with Gasteiger partial charge in [-0.2, -0.15) is 10.2 Å². The van der Waals surface area contributed by atoms with Crippen LogP contribution in [0.2, 0.25) is 0 Å². The molecular formula is C15H25N5. The van der Waals surface area contributed by atoms with Crippen LogP contribution >= 0.6 is 0 Å². The molecule has 20 heavy (non-hydrogen) atoms. The molecule has 5 heteroatoms. The highest BCUT2D eigenvalue weighted by atomic mass is 15.3. The molecule has 0 aliphatic heterocycles. The van der Waals surface area contributed by atoms with Gasteiger partial charge in [0.15, 0.2) is 0 Å². The summed E-state index contributed by atoms with van der Waals surface area (Å²) in [7, 11) is 0. The van der Waals surface area contributed by atoms with Crippen molar-refractivity contribution in [3.63, 3.8) is 0 Å². The van der Waals surface area contributed by atoms with Gasteiger partial charge in [0.1, 0.15) is 0 Å². The molecule has 0 fully saturated rings. The Morgan fingerprint density at radius 1 is 1.20 bits per heavy atom. The third-order valence-electron chi connectivity index (χ3n) is 3.83. The summed E-state index contributed by atoms with van der Waals surface area (Å²) in [5, 5.41) is 9.01. The highest BCUT2D eigenvalue weighted by Gasteiger charge is 2.10. The van der Waals surface area contributed by atoms with Gasteiger partial charge < -0.3 is 5.73 Å². The average Bonchev–Trinajstić information content (AvgIpc) is 3.10. The molecule has 1 atom stereocenters. The topological polar surface area (TPSA) is 61.7 Å². The maximum absolute atomic E-state index is 6.01. The maximum Gasteiger partial charge on any atom is 0.0849 e. The summed E-state index contributed by atoms with van der Waals surface area (Å²) >= 11 is 0. The van der Waals surface area contributed by atoms with E-state index in [4.69, 9.17) is 5.73 Å². The molecule has 0 saturated carbocycles. The van der Waals surface area contributed by atoms with Gasteiger partial charge in [-0.25, -0.2) is 0 Å². The number of nitrogens with zero attached hydrogens (tertiary/aromatic N) is 4. The predicted octanol–water partition coefficient (Wildman–Crippen LogP) is 2.90. The quantitative estimate of drug-likeness (QED) is 0.845. The van der Waals surface area contributed by atoms with E-state index in [0.29, 0.717) is 12.6 Å². The molecule has 2 N–H and O–H groups in total. The zero-order valence-electron chi connectivity index (χ0n) is 12.7. The molecule has 0 aromatic carbocycles. The lowest BCUT2D eigenvalue weighted by Crippen LogP contribution is -2.09. The van der Waals surface area contributed by atoms with Crippen LogP contribution < -0.4 is 5.73 Å². The SMILES string of the molecule is CCC(N)c1cnn(Cc2ccn(C(CC)CC)n2)c1. The van der Waals surface area contributed by atoms with E-state index in [0.717, 1.165) is 30.5 Å². The van der Waals surface area contributed by atoms with Crippen molar-refractivity contribution < 1.29 is 0 Å². The Morgan fingerprint density at radius 2 is 1.95 bits per heavy atom. The smallest absolute Gasteiger partial charge is 0.0849 e. The highest BCUT2D eigenvalue weighted by molar-refractivity contribution is 5.10. The Hall–Kier alpha value is -1.62. The van der Waals surface area contributed by atoms with Crippen LogP contribution in [0.25, 0.3) is 0 Å². The van der Waals surface area contributed by atoms with Crippen LogP contribution in [0.3, 0.4) is 0 Å². The lowest BCUT2D eigenvalue weighted by molar-refractivity contribution is 0.424. The van der Waals surface area contributed by atoms with Crippen LogP contribution in [-0.2, 0) is 6.54 Å². The lowest BCUT2D eigenvalue weighted by Gasteiger charge is -2.12. The second-order valence-corrected chi connectivity index (χ2v) is 5.24. The molecule has 2 aromatic rings. The first-order valence-corrected chi connectivity index (χ1v) is 7.49. The van der Waals surface area contributed by atoms with Gasteiger partial charge in [0.2, 0.25) is 0 Å². The average molecular weight is 275 g/mol. The van der Waals surface area contributed by atoms with Crippen molar-refractivity contribution in [2.75, 3.05) is 0 Å². The van der Waals surface area contributed by atoms with E-state index >= 15 is 0 Å². The van der Waals surface area contributed by atoms with Crippen LogP contribution in [0.5, 0.6) is 0 Å². The number of aromatic nitrogens is 4. The van der Waals surface area contributed by atoms with Crippen molar-refractivity contribution in [2.45, 2.75) is 58.7 Å². The molecule has 2 aromatic heterocycles. The highest BCUT2D eigenvalue weighted by Crippen LogP contribution is 2.16. The fraction of sp³-hybridized carbons (Fsp3) is 0.600. The molecule has 2 rings (SSSR count). The fourth-order valence-corrected chi connectivity index (χ4v) is 2.39. The van der Waals surface area contributed by atoms with E-state index < -0.39 is 0 Å². The Bertz CT molecular complexity index is 524. The third kappa shape index (κ3) is 3.28. The van der Waals surface area contributed by atoms with Crippen molar-refractivity contribution in [3.05, 3.63) is 35.9 Å². The van der Waals surface area contributed by atoms with Gasteiger partial charge in [-0.05, 0) is 25.3 Å². The Morgan fingerprint density at radius 3 is 2.60 bits per heavy atom. The summed E-state index contributed by atoms with van der Waals surface area (Å²) in [4.78, 5) is 0. The maximum atomic E-state index is 6.01. The number of hydrogen-bond acceptors (Lipinski definition) is 3. The fourth-order valence-electron chi connectivity index (χ4n) is 2.39. The van der Waals surface area contributed by atoms with Crippen molar-refractivity contribution in [3.8, 4) is 0 Å². The summed E-state index contributed by atoms with van der Waals surface area (Å²) in [6.45, 7) is 7.17. The normalized spacial score (nSPS) is 13.1. The molecular weight excluding hydrogens is 250 g/mol. The van der Waals surface area contributed by atoms with Gasteiger partial charge in [-0.3, -0.25) is 9.36 Å². The predicted molar refractivity (Wildman–Crippen MR) is 80.4 cm³/mol. The van der Waals surface area contributed by atoms with Gasteiger partial charge in [-0.1, -0.05) is 20.8 Å². The molecule has 0 spiro atoms. The van der Waals surface area contributed by atoms with E-state index in [1.807, 2.05) is 17.1 Å². The zero-order chi connectivity index (χ0) is 14.5. The van der Waals surface area contributed by atoms with Gasteiger partial charge >= 0.3 is 0 Å². The van der Waals surface area contributed by atoms with Crippen LogP contribution in [0.1, 0.15) is 63.4 Å². The lowest BCUT2D eigenvalue weighted by atomic mass is 10.1. The van der Waals surface area contributed by atoms with Gasteiger partial charge in [0.05, 0.1) is 24.5 Å². The zero-order valence-corrected chi connectivity index (χ0v) is 12.7. The summed E-state index contributed by atoms with van der Waals surface area (Å²) < 4.78 is 3.97. The second kappa shape index (κ2) is 6.70. The summed E-state index contributed by atoms with van der Waals surface area (Å²) in [6.07, 6.45) is 9.07. The first-order valence-electron chi connectivity index (χ1n) is 7.49. The van der Waals surface area contributed by atoms with Crippen LogP contribution in [-0.4, -0.2) is 19.6 Å². The first-order chi connectivity index (χ1) is 9.67. The minimum absolute atomic E-state index is 0.0749. The Kier molecular flexibility index (Phi) is 4.95.